The summed E-state index contributed by atoms with van der Waals surface area (Å²) in [5.41, 5.74) is 0.188. The first kappa shape index (κ1) is 14.9. The van der Waals surface area contributed by atoms with E-state index in [4.69, 9.17) is 0 Å². The van der Waals surface area contributed by atoms with Gasteiger partial charge in [0.15, 0.2) is 4.90 Å². The molecule has 0 amide bonds. The van der Waals surface area contributed by atoms with E-state index in [0.717, 1.165) is 11.6 Å². The fourth-order valence-corrected chi connectivity index (χ4v) is 2.69. The number of nitrogens with zero attached hydrogens (tertiary/aromatic N) is 1. The van der Waals surface area contributed by atoms with Crippen molar-refractivity contribution in [1.29, 1.82) is 0 Å². The van der Waals surface area contributed by atoms with Crippen LogP contribution in [0.2, 0.25) is 0 Å². The summed E-state index contributed by atoms with van der Waals surface area (Å²) in [6.07, 6.45) is 3.01. The van der Waals surface area contributed by atoms with E-state index < -0.39 is 25.6 Å². The highest BCUT2D eigenvalue weighted by Crippen LogP contribution is 2.28. The smallest absolute Gasteiger partial charge is 0.282 e. The first-order chi connectivity index (χ1) is 9.89. The van der Waals surface area contributed by atoms with Gasteiger partial charge in [-0.3, -0.25) is 14.7 Å². The molecule has 108 valence electrons. The van der Waals surface area contributed by atoms with Gasteiger partial charge in [-0.05, 0) is 5.56 Å². The van der Waals surface area contributed by atoms with Crippen molar-refractivity contribution in [2.24, 2.45) is 0 Å². The highest BCUT2D eigenvalue weighted by Gasteiger charge is 2.26. The van der Waals surface area contributed by atoms with Gasteiger partial charge in [0.2, 0.25) is 0 Å². The molecule has 2 rings (SSSR count). The summed E-state index contributed by atoms with van der Waals surface area (Å²) in [6, 6.07) is 12.8. The second kappa shape index (κ2) is 5.86. The summed E-state index contributed by atoms with van der Waals surface area (Å²) in [5, 5.41) is 10.9. The van der Waals surface area contributed by atoms with Crippen LogP contribution in [0.3, 0.4) is 0 Å². The van der Waals surface area contributed by atoms with E-state index in [1.807, 2.05) is 6.07 Å². The highest BCUT2D eigenvalue weighted by molar-refractivity contribution is 7.86. The van der Waals surface area contributed by atoms with Gasteiger partial charge in [0.05, 0.1) is 4.92 Å². The van der Waals surface area contributed by atoms with Crippen molar-refractivity contribution in [3.05, 3.63) is 69.8 Å². The Morgan fingerprint density at radius 1 is 1.00 bits per heavy atom. The molecule has 6 nitrogen and oxygen atoms in total. The molecule has 0 atom stereocenters. The summed E-state index contributed by atoms with van der Waals surface area (Å²) in [5.74, 6) is 0. The van der Waals surface area contributed by atoms with Crippen molar-refractivity contribution in [3.8, 4) is 0 Å². The second-order valence-electron chi connectivity index (χ2n) is 4.17. The van der Waals surface area contributed by atoms with Crippen molar-refractivity contribution >= 4 is 28.0 Å². The molecule has 0 aliphatic rings. The van der Waals surface area contributed by atoms with Crippen molar-refractivity contribution in [1.82, 2.24) is 0 Å². The molecule has 0 radical (unpaired) electrons. The number of hydrogen-bond donors (Lipinski definition) is 1. The topological polar surface area (TPSA) is 97.5 Å². The normalized spacial score (nSPS) is 11.7. The molecule has 0 unspecified atom stereocenters. The van der Waals surface area contributed by atoms with E-state index in [9.17, 15) is 23.1 Å². The molecule has 1 N–H and O–H groups in total. The van der Waals surface area contributed by atoms with Gasteiger partial charge in [-0.25, -0.2) is 0 Å². The van der Waals surface area contributed by atoms with Crippen LogP contribution < -0.4 is 0 Å². The van der Waals surface area contributed by atoms with Gasteiger partial charge < -0.3 is 0 Å². The molecule has 7 heteroatoms. The van der Waals surface area contributed by atoms with Gasteiger partial charge in [-0.1, -0.05) is 54.6 Å². The maximum Gasteiger partial charge on any atom is 0.302 e. The molecule has 2 aromatic rings. The number of nitro groups is 1. The molecule has 0 saturated heterocycles. The zero-order chi connectivity index (χ0) is 15.5. The van der Waals surface area contributed by atoms with Crippen molar-refractivity contribution in [2.45, 2.75) is 4.90 Å². The second-order valence-corrected chi connectivity index (χ2v) is 5.53. The Balaban J connectivity index is 2.57. The summed E-state index contributed by atoms with van der Waals surface area (Å²) in [6.45, 7) is 0. The van der Waals surface area contributed by atoms with E-state index in [0.29, 0.717) is 0 Å². The predicted octanol–water partition coefficient (Wildman–Crippen LogP) is 3.01. The summed E-state index contributed by atoms with van der Waals surface area (Å²) >= 11 is 0. The Hall–Kier alpha value is -2.51. The number of nitro benzene ring substituents is 1. The van der Waals surface area contributed by atoms with Crippen molar-refractivity contribution in [3.63, 3.8) is 0 Å². The van der Waals surface area contributed by atoms with Crippen LogP contribution in [0.25, 0.3) is 12.2 Å². The van der Waals surface area contributed by atoms with Gasteiger partial charge in [0, 0.05) is 11.6 Å². The lowest BCUT2D eigenvalue weighted by Crippen LogP contribution is -2.05. The third kappa shape index (κ3) is 3.53. The fourth-order valence-electron chi connectivity index (χ4n) is 1.85. The number of benzene rings is 2. The van der Waals surface area contributed by atoms with Crippen molar-refractivity contribution < 1.29 is 17.9 Å². The van der Waals surface area contributed by atoms with Crippen LogP contribution in [0, 0.1) is 10.1 Å². The molecule has 0 spiro atoms. The van der Waals surface area contributed by atoms with E-state index in [1.54, 1.807) is 30.3 Å². The van der Waals surface area contributed by atoms with Crippen LogP contribution in [0.5, 0.6) is 0 Å². The van der Waals surface area contributed by atoms with E-state index in [1.165, 1.54) is 18.2 Å². The van der Waals surface area contributed by atoms with Crippen LogP contribution >= 0.6 is 0 Å². The molecular weight excluding hydrogens is 294 g/mol. The summed E-state index contributed by atoms with van der Waals surface area (Å²) < 4.78 is 32.0. The maximum absolute atomic E-state index is 11.4. The molecule has 21 heavy (non-hydrogen) atoms. The Morgan fingerprint density at radius 2 is 1.67 bits per heavy atom. The lowest BCUT2D eigenvalue weighted by Gasteiger charge is -2.03. The lowest BCUT2D eigenvalue weighted by atomic mass is 10.1. The minimum absolute atomic E-state index is 0.0514. The largest absolute Gasteiger partial charge is 0.302 e. The van der Waals surface area contributed by atoms with Crippen molar-refractivity contribution in [2.75, 3.05) is 0 Å². The molecular formula is C14H11NO5S. The van der Waals surface area contributed by atoms with Crippen LogP contribution in [-0.2, 0) is 10.1 Å². The molecule has 0 saturated carbocycles. The fraction of sp³-hybridized carbons (Fsp3) is 0. The first-order valence-corrected chi connectivity index (χ1v) is 7.31. The van der Waals surface area contributed by atoms with Gasteiger partial charge in [-0.15, -0.1) is 0 Å². The van der Waals surface area contributed by atoms with Crippen LogP contribution in [0.1, 0.15) is 11.1 Å². The molecule has 0 bridgehead atoms. The Labute approximate surface area is 121 Å². The molecule has 0 aliphatic heterocycles. The zero-order valence-corrected chi connectivity index (χ0v) is 11.5. The average Bonchev–Trinajstić information content (AvgIpc) is 2.44. The van der Waals surface area contributed by atoms with Gasteiger partial charge >= 0.3 is 10.1 Å². The SMILES string of the molecule is O=[N+]([O-])c1cccc(C=Cc2ccccc2)c1S(=O)(=O)O. The Kier molecular flexibility index (Phi) is 4.15. The van der Waals surface area contributed by atoms with Crippen LogP contribution in [0.4, 0.5) is 5.69 Å². The standard InChI is InChI=1S/C14H11NO5S/c16-15(17)13-8-4-7-12(14(13)21(18,19)20)10-9-11-5-2-1-3-6-11/h1-10H,(H,18,19,20). The minimum Gasteiger partial charge on any atom is -0.282 e. The average molecular weight is 305 g/mol. The maximum atomic E-state index is 11.4. The number of rotatable bonds is 4. The molecule has 0 aliphatic carbocycles. The minimum atomic E-state index is -4.71. The quantitative estimate of drug-likeness (QED) is 0.405. The molecule has 2 aromatic carbocycles. The third-order valence-electron chi connectivity index (χ3n) is 2.73. The Morgan fingerprint density at radius 3 is 2.24 bits per heavy atom. The van der Waals surface area contributed by atoms with Crippen LogP contribution in [-0.4, -0.2) is 17.9 Å². The van der Waals surface area contributed by atoms with E-state index in [2.05, 4.69) is 0 Å². The molecule has 0 heterocycles. The third-order valence-corrected chi connectivity index (χ3v) is 3.70. The highest BCUT2D eigenvalue weighted by atomic mass is 32.2. The Bertz CT molecular complexity index is 797. The van der Waals surface area contributed by atoms with Gasteiger partial charge in [-0.2, -0.15) is 8.42 Å². The van der Waals surface area contributed by atoms with Crippen LogP contribution in [0.15, 0.2) is 53.4 Å². The summed E-state index contributed by atoms with van der Waals surface area (Å²) in [7, 11) is -4.71. The van der Waals surface area contributed by atoms with E-state index >= 15 is 0 Å². The van der Waals surface area contributed by atoms with Gasteiger partial charge in [0.25, 0.3) is 5.69 Å². The first-order valence-electron chi connectivity index (χ1n) is 5.87. The molecule has 0 aromatic heterocycles. The lowest BCUT2D eigenvalue weighted by molar-refractivity contribution is -0.387. The predicted molar refractivity (Wildman–Crippen MR) is 78.3 cm³/mol. The zero-order valence-electron chi connectivity index (χ0n) is 10.7. The molecule has 0 fully saturated rings. The monoisotopic (exact) mass is 305 g/mol. The number of hydrogen-bond acceptors (Lipinski definition) is 4. The van der Waals surface area contributed by atoms with E-state index in [-0.39, 0.29) is 5.56 Å². The summed E-state index contributed by atoms with van der Waals surface area (Å²) in [4.78, 5) is 9.35. The van der Waals surface area contributed by atoms with Gasteiger partial charge in [0.1, 0.15) is 0 Å².